The standard InChI is InChI=1S/C20H22N2O3S/c1-5-22(15(3)17-9-7-16(13-21)8-10-17)20(23)19-12-18(26(4,24)25)11-6-14(19)2/h6-12,15H,5H2,1-4H3. The molecule has 1 atom stereocenters. The fourth-order valence-electron chi connectivity index (χ4n) is 2.83. The van der Waals surface area contributed by atoms with Crippen molar-refractivity contribution in [2.45, 2.75) is 31.7 Å². The van der Waals surface area contributed by atoms with E-state index in [0.717, 1.165) is 17.4 Å². The van der Waals surface area contributed by atoms with E-state index in [1.54, 1.807) is 30.0 Å². The van der Waals surface area contributed by atoms with Crippen LogP contribution < -0.4 is 0 Å². The van der Waals surface area contributed by atoms with Gasteiger partial charge in [0.05, 0.1) is 22.6 Å². The number of carbonyl (C=O) groups excluding carboxylic acids is 1. The molecule has 0 saturated heterocycles. The Morgan fingerprint density at radius 2 is 1.81 bits per heavy atom. The Labute approximate surface area is 154 Å². The number of carbonyl (C=O) groups is 1. The topological polar surface area (TPSA) is 78.2 Å². The third-order valence-corrected chi connectivity index (χ3v) is 5.57. The molecular formula is C20H22N2O3S. The summed E-state index contributed by atoms with van der Waals surface area (Å²) in [5.41, 5.74) is 2.59. The largest absolute Gasteiger partial charge is 0.332 e. The Hall–Kier alpha value is -2.65. The van der Waals surface area contributed by atoms with Crippen LogP contribution >= 0.6 is 0 Å². The molecule has 0 fully saturated rings. The summed E-state index contributed by atoms with van der Waals surface area (Å²) in [7, 11) is -3.39. The highest BCUT2D eigenvalue weighted by Crippen LogP contribution is 2.25. The van der Waals surface area contributed by atoms with Crippen molar-refractivity contribution in [2.24, 2.45) is 0 Å². The second-order valence-corrected chi connectivity index (χ2v) is 8.27. The van der Waals surface area contributed by atoms with Crippen LogP contribution in [0.4, 0.5) is 0 Å². The predicted octanol–water partition coefficient (Wildman–Crippen LogP) is 3.49. The molecule has 0 N–H and O–H groups in total. The number of hydrogen-bond acceptors (Lipinski definition) is 4. The molecule has 0 saturated carbocycles. The molecule has 0 spiro atoms. The first kappa shape index (κ1) is 19.7. The monoisotopic (exact) mass is 370 g/mol. The average Bonchev–Trinajstić information content (AvgIpc) is 2.61. The zero-order chi connectivity index (χ0) is 19.5. The third-order valence-electron chi connectivity index (χ3n) is 4.46. The number of nitrogens with zero attached hydrogens (tertiary/aromatic N) is 2. The summed E-state index contributed by atoms with van der Waals surface area (Å²) in [6, 6.07) is 13.6. The molecule has 0 radical (unpaired) electrons. The van der Waals surface area contributed by atoms with Gasteiger partial charge in [-0.25, -0.2) is 8.42 Å². The van der Waals surface area contributed by atoms with Crippen LogP contribution in [0.2, 0.25) is 0 Å². The first-order valence-electron chi connectivity index (χ1n) is 8.30. The zero-order valence-electron chi connectivity index (χ0n) is 15.4. The van der Waals surface area contributed by atoms with E-state index >= 15 is 0 Å². The highest BCUT2D eigenvalue weighted by molar-refractivity contribution is 7.90. The van der Waals surface area contributed by atoms with Crippen molar-refractivity contribution in [3.63, 3.8) is 0 Å². The zero-order valence-corrected chi connectivity index (χ0v) is 16.2. The van der Waals surface area contributed by atoms with Crippen LogP contribution in [-0.2, 0) is 9.84 Å². The number of benzene rings is 2. The summed E-state index contributed by atoms with van der Waals surface area (Å²) in [6.07, 6.45) is 1.13. The van der Waals surface area contributed by atoms with Gasteiger partial charge in [0.25, 0.3) is 5.91 Å². The van der Waals surface area contributed by atoms with Gasteiger partial charge in [-0.05, 0) is 56.2 Å². The van der Waals surface area contributed by atoms with E-state index in [1.807, 2.05) is 26.0 Å². The molecule has 2 rings (SSSR count). The van der Waals surface area contributed by atoms with Crippen LogP contribution in [0.25, 0.3) is 0 Å². The predicted molar refractivity (Wildman–Crippen MR) is 101 cm³/mol. The number of nitriles is 1. The van der Waals surface area contributed by atoms with E-state index in [9.17, 15) is 13.2 Å². The maximum absolute atomic E-state index is 13.1. The summed E-state index contributed by atoms with van der Waals surface area (Å²) in [5, 5.41) is 8.92. The lowest BCUT2D eigenvalue weighted by molar-refractivity contribution is 0.0701. The summed E-state index contributed by atoms with van der Waals surface area (Å²) >= 11 is 0. The number of sulfone groups is 1. The average molecular weight is 370 g/mol. The molecule has 2 aromatic carbocycles. The fraction of sp³-hybridized carbons (Fsp3) is 0.300. The van der Waals surface area contributed by atoms with Crippen LogP contribution in [0.15, 0.2) is 47.4 Å². The number of hydrogen-bond donors (Lipinski definition) is 0. The van der Waals surface area contributed by atoms with E-state index in [-0.39, 0.29) is 16.8 Å². The minimum Gasteiger partial charge on any atom is -0.332 e. The lowest BCUT2D eigenvalue weighted by atomic mass is 10.0. The summed E-state index contributed by atoms with van der Waals surface area (Å²) in [6.45, 7) is 6.06. The van der Waals surface area contributed by atoms with Crippen LogP contribution in [0, 0.1) is 18.3 Å². The molecule has 136 valence electrons. The van der Waals surface area contributed by atoms with Crippen LogP contribution in [0.1, 0.15) is 46.9 Å². The molecule has 26 heavy (non-hydrogen) atoms. The molecule has 0 aromatic heterocycles. The number of amides is 1. The summed E-state index contributed by atoms with van der Waals surface area (Å²) < 4.78 is 23.6. The van der Waals surface area contributed by atoms with Crippen molar-refractivity contribution in [3.8, 4) is 6.07 Å². The van der Waals surface area contributed by atoms with Crippen LogP contribution in [0.5, 0.6) is 0 Å². The molecule has 0 aliphatic carbocycles. The maximum Gasteiger partial charge on any atom is 0.254 e. The van der Waals surface area contributed by atoms with E-state index in [1.165, 1.54) is 12.1 Å². The van der Waals surface area contributed by atoms with E-state index < -0.39 is 9.84 Å². The normalized spacial score (nSPS) is 12.3. The number of rotatable bonds is 5. The van der Waals surface area contributed by atoms with Gasteiger partial charge in [-0.3, -0.25) is 4.79 Å². The van der Waals surface area contributed by atoms with Gasteiger partial charge >= 0.3 is 0 Å². The molecule has 0 bridgehead atoms. The first-order chi connectivity index (χ1) is 12.2. The molecule has 1 amide bonds. The minimum atomic E-state index is -3.39. The molecular weight excluding hydrogens is 348 g/mol. The van der Waals surface area contributed by atoms with Crippen molar-refractivity contribution < 1.29 is 13.2 Å². The lowest BCUT2D eigenvalue weighted by Gasteiger charge is -2.29. The Morgan fingerprint density at radius 3 is 2.31 bits per heavy atom. The Kier molecular flexibility index (Phi) is 5.83. The van der Waals surface area contributed by atoms with Crippen molar-refractivity contribution in [1.29, 1.82) is 5.26 Å². The molecule has 6 heteroatoms. The van der Waals surface area contributed by atoms with E-state index in [0.29, 0.717) is 17.7 Å². The quantitative estimate of drug-likeness (QED) is 0.807. The van der Waals surface area contributed by atoms with Crippen LogP contribution in [0.3, 0.4) is 0 Å². The molecule has 0 aliphatic rings. The molecule has 1 unspecified atom stereocenters. The van der Waals surface area contributed by atoms with Crippen LogP contribution in [-0.4, -0.2) is 32.0 Å². The van der Waals surface area contributed by atoms with E-state index in [4.69, 9.17) is 5.26 Å². The molecule has 0 aliphatic heterocycles. The van der Waals surface area contributed by atoms with Crippen molar-refractivity contribution in [2.75, 3.05) is 12.8 Å². The van der Waals surface area contributed by atoms with Gasteiger partial charge in [0.15, 0.2) is 9.84 Å². The lowest BCUT2D eigenvalue weighted by Crippen LogP contribution is -2.34. The van der Waals surface area contributed by atoms with E-state index in [2.05, 4.69) is 6.07 Å². The second kappa shape index (κ2) is 7.71. The smallest absolute Gasteiger partial charge is 0.254 e. The Balaban J connectivity index is 2.40. The highest BCUT2D eigenvalue weighted by atomic mass is 32.2. The summed E-state index contributed by atoms with van der Waals surface area (Å²) in [5.74, 6) is -0.215. The Morgan fingerprint density at radius 1 is 1.19 bits per heavy atom. The Bertz CT molecular complexity index is 958. The van der Waals surface area contributed by atoms with Gasteiger partial charge in [0.1, 0.15) is 0 Å². The van der Waals surface area contributed by atoms with Crippen molar-refractivity contribution >= 4 is 15.7 Å². The van der Waals surface area contributed by atoms with Gasteiger partial charge < -0.3 is 4.90 Å². The first-order valence-corrected chi connectivity index (χ1v) is 10.2. The molecule has 0 heterocycles. The van der Waals surface area contributed by atoms with Gasteiger partial charge in [-0.2, -0.15) is 5.26 Å². The second-order valence-electron chi connectivity index (χ2n) is 6.25. The van der Waals surface area contributed by atoms with Gasteiger partial charge in [0, 0.05) is 18.4 Å². The molecule has 2 aromatic rings. The third kappa shape index (κ3) is 4.12. The van der Waals surface area contributed by atoms with Gasteiger partial charge in [-0.1, -0.05) is 18.2 Å². The molecule has 5 nitrogen and oxygen atoms in total. The van der Waals surface area contributed by atoms with Gasteiger partial charge in [0.2, 0.25) is 0 Å². The van der Waals surface area contributed by atoms with Crippen molar-refractivity contribution in [1.82, 2.24) is 4.90 Å². The SMILES string of the molecule is CCN(C(=O)c1cc(S(C)(=O)=O)ccc1C)C(C)c1ccc(C#N)cc1. The minimum absolute atomic E-state index is 0.133. The maximum atomic E-state index is 13.1. The highest BCUT2D eigenvalue weighted by Gasteiger charge is 2.24. The number of aryl methyl sites for hydroxylation is 1. The summed E-state index contributed by atoms with van der Waals surface area (Å²) in [4.78, 5) is 14.9. The fourth-order valence-corrected chi connectivity index (χ4v) is 3.47. The van der Waals surface area contributed by atoms with Crippen molar-refractivity contribution in [3.05, 3.63) is 64.7 Å². The van der Waals surface area contributed by atoms with Gasteiger partial charge in [-0.15, -0.1) is 0 Å².